The van der Waals surface area contributed by atoms with Crippen LogP contribution in [0.25, 0.3) is 0 Å². The predicted molar refractivity (Wildman–Crippen MR) is 77.6 cm³/mol. The van der Waals surface area contributed by atoms with Crippen molar-refractivity contribution in [2.45, 2.75) is 25.6 Å². The molecule has 112 valence electrons. The Kier molecular flexibility index (Phi) is 5.88. The van der Waals surface area contributed by atoms with Crippen LogP contribution in [0.5, 0.6) is 0 Å². The highest BCUT2D eigenvalue weighted by Crippen LogP contribution is 2.21. The zero-order valence-electron chi connectivity index (χ0n) is 11.3. The highest BCUT2D eigenvalue weighted by Gasteiger charge is 2.23. The molecule has 1 aromatic rings. The van der Waals surface area contributed by atoms with E-state index in [1.807, 2.05) is 6.92 Å². The molecule has 1 rings (SSSR count). The smallest absolute Gasteiger partial charge is 0.327 e. The standard InChI is InChI=1S/C11H16BrN3O4S/c1-6-10(12)9(15(3)14-6)5-20(19)4-8(11(17)18)13-7(2)16/h8H,4-5H2,1-3H3,(H,13,16)(H,17,18)/t8-,20?/m0/s1. The van der Waals surface area contributed by atoms with Crippen molar-refractivity contribution in [2.75, 3.05) is 5.75 Å². The van der Waals surface area contributed by atoms with Crippen LogP contribution in [0.1, 0.15) is 18.3 Å². The van der Waals surface area contributed by atoms with Crippen LogP contribution < -0.4 is 5.32 Å². The van der Waals surface area contributed by atoms with Crippen molar-refractivity contribution in [1.29, 1.82) is 0 Å². The quantitative estimate of drug-likeness (QED) is 0.756. The lowest BCUT2D eigenvalue weighted by atomic mass is 10.3. The summed E-state index contributed by atoms with van der Waals surface area (Å²) in [7, 11) is 0.297. The van der Waals surface area contributed by atoms with Gasteiger partial charge < -0.3 is 10.4 Å². The van der Waals surface area contributed by atoms with Crippen LogP contribution in [0, 0.1) is 6.92 Å². The number of carbonyl (C=O) groups excluding carboxylic acids is 1. The van der Waals surface area contributed by atoms with Crippen molar-refractivity contribution in [3.05, 3.63) is 15.9 Å². The fraction of sp³-hybridized carbons (Fsp3) is 0.545. The highest BCUT2D eigenvalue weighted by molar-refractivity contribution is 9.10. The van der Waals surface area contributed by atoms with E-state index in [1.165, 1.54) is 6.92 Å². The van der Waals surface area contributed by atoms with Gasteiger partial charge in [0.15, 0.2) is 0 Å². The molecule has 0 aliphatic rings. The summed E-state index contributed by atoms with van der Waals surface area (Å²) in [6.07, 6.45) is 0. The molecule has 9 heteroatoms. The van der Waals surface area contributed by atoms with Crippen LogP contribution in [0.15, 0.2) is 4.47 Å². The van der Waals surface area contributed by atoms with Gasteiger partial charge in [0, 0.05) is 24.8 Å². The minimum atomic E-state index is -1.43. The van der Waals surface area contributed by atoms with Gasteiger partial charge in [-0.1, -0.05) is 0 Å². The number of aliphatic carboxylic acids is 1. The largest absolute Gasteiger partial charge is 0.480 e. The lowest BCUT2D eigenvalue weighted by Gasteiger charge is -2.13. The van der Waals surface area contributed by atoms with Crippen molar-refractivity contribution < 1.29 is 18.9 Å². The molecule has 1 unspecified atom stereocenters. The third-order valence-electron chi connectivity index (χ3n) is 2.59. The van der Waals surface area contributed by atoms with Gasteiger partial charge in [0.2, 0.25) is 5.91 Å². The number of rotatable bonds is 6. The van der Waals surface area contributed by atoms with Crippen LogP contribution in [0.3, 0.4) is 0 Å². The Morgan fingerprint density at radius 2 is 2.15 bits per heavy atom. The summed E-state index contributed by atoms with van der Waals surface area (Å²) in [5, 5.41) is 15.4. The first-order valence-electron chi connectivity index (χ1n) is 5.75. The number of aryl methyl sites for hydroxylation is 2. The van der Waals surface area contributed by atoms with Gasteiger partial charge in [-0.2, -0.15) is 5.10 Å². The Hall–Kier alpha value is -1.22. The third-order valence-corrected chi connectivity index (χ3v) is 4.92. The Morgan fingerprint density at radius 3 is 2.55 bits per heavy atom. The molecule has 0 radical (unpaired) electrons. The van der Waals surface area contributed by atoms with E-state index in [4.69, 9.17) is 5.11 Å². The summed E-state index contributed by atoms with van der Waals surface area (Å²) in [6, 6.07) is -1.15. The number of amides is 1. The second-order valence-corrected chi connectivity index (χ2v) is 6.61. The summed E-state index contributed by atoms with van der Waals surface area (Å²) < 4.78 is 14.4. The second-order valence-electron chi connectivity index (χ2n) is 4.31. The summed E-state index contributed by atoms with van der Waals surface area (Å²) in [5.74, 6) is -1.65. The van der Waals surface area contributed by atoms with Gasteiger partial charge in [-0.15, -0.1) is 0 Å². The monoisotopic (exact) mass is 365 g/mol. The molecular weight excluding hydrogens is 350 g/mol. The Morgan fingerprint density at radius 1 is 1.55 bits per heavy atom. The zero-order valence-corrected chi connectivity index (χ0v) is 13.7. The van der Waals surface area contributed by atoms with E-state index in [9.17, 15) is 13.8 Å². The topological polar surface area (TPSA) is 101 Å². The molecule has 0 fully saturated rings. The first-order valence-corrected chi connectivity index (χ1v) is 8.03. The Labute approximate surface area is 127 Å². The number of carbonyl (C=O) groups is 2. The number of nitrogens with zero attached hydrogens (tertiary/aromatic N) is 2. The fourth-order valence-electron chi connectivity index (χ4n) is 1.65. The number of halogens is 1. The molecular formula is C11H16BrN3O4S. The molecule has 0 aliphatic heterocycles. The van der Waals surface area contributed by atoms with E-state index in [-0.39, 0.29) is 11.5 Å². The maximum absolute atomic E-state index is 12.1. The number of hydrogen-bond acceptors (Lipinski definition) is 4. The van der Waals surface area contributed by atoms with Gasteiger partial charge in [-0.05, 0) is 22.9 Å². The molecule has 1 amide bonds. The Balaban J connectivity index is 2.75. The van der Waals surface area contributed by atoms with Gasteiger partial charge in [0.25, 0.3) is 0 Å². The van der Waals surface area contributed by atoms with E-state index in [0.717, 1.165) is 15.9 Å². The van der Waals surface area contributed by atoms with Crippen molar-refractivity contribution in [1.82, 2.24) is 15.1 Å². The van der Waals surface area contributed by atoms with Crippen molar-refractivity contribution in [3.8, 4) is 0 Å². The van der Waals surface area contributed by atoms with Crippen LogP contribution in [-0.2, 0) is 33.2 Å². The van der Waals surface area contributed by atoms with E-state index in [2.05, 4.69) is 26.3 Å². The molecule has 7 nitrogen and oxygen atoms in total. The van der Waals surface area contributed by atoms with Gasteiger partial charge in [0.05, 0.1) is 27.4 Å². The lowest BCUT2D eigenvalue weighted by molar-refractivity contribution is -0.140. The summed E-state index contributed by atoms with van der Waals surface area (Å²) in [5.41, 5.74) is 1.50. The molecule has 2 N–H and O–H groups in total. The van der Waals surface area contributed by atoms with Crippen molar-refractivity contribution >= 4 is 38.6 Å². The van der Waals surface area contributed by atoms with Crippen molar-refractivity contribution in [3.63, 3.8) is 0 Å². The van der Waals surface area contributed by atoms with Gasteiger partial charge in [-0.3, -0.25) is 13.7 Å². The third kappa shape index (κ3) is 4.41. The molecule has 0 saturated heterocycles. The number of nitrogens with one attached hydrogen (secondary N) is 1. The average molecular weight is 366 g/mol. The molecule has 2 atom stereocenters. The normalized spacial score (nSPS) is 13.8. The average Bonchev–Trinajstić information content (AvgIpc) is 2.54. The lowest BCUT2D eigenvalue weighted by Crippen LogP contribution is -2.43. The zero-order chi connectivity index (χ0) is 15.4. The first-order chi connectivity index (χ1) is 9.22. The maximum atomic E-state index is 12.1. The van der Waals surface area contributed by atoms with E-state index < -0.39 is 28.7 Å². The minimum Gasteiger partial charge on any atom is -0.480 e. The van der Waals surface area contributed by atoms with Crippen molar-refractivity contribution in [2.24, 2.45) is 7.05 Å². The SMILES string of the molecule is CC(=O)N[C@@H](CS(=O)Cc1c(Br)c(C)nn1C)C(=O)O. The van der Waals surface area contributed by atoms with Crippen LogP contribution in [-0.4, -0.2) is 42.8 Å². The molecule has 20 heavy (non-hydrogen) atoms. The molecule has 0 aliphatic carbocycles. The Bertz CT molecular complexity index is 558. The van der Waals surface area contributed by atoms with Crippen LogP contribution >= 0.6 is 15.9 Å². The van der Waals surface area contributed by atoms with Gasteiger partial charge in [-0.25, -0.2) is 4.79 Å². The van der Waals surface area contributed by atoms with Crippen LogP contribution in [0.4, 0.5) is 0 Å². The molecule has 1 aromatic heterocycles. The molecule has 0 saturated carbocycles. The molecule has 0 bridgehead atoms. The first kappa shape index (κ1) is 16.8. The van der Waals surface area contributed by atoms with Gasteiger partial charge in [0.1, 0.15) is 6.04 Å². The number of aromatic nitrogens is 2. The summed E-state index contributed by atoms with van der Waals surface area (Å²) in [4.78, 5) is 21.9. The van der Waals surface area contributed by atoms with Crippen LogP contribution in [0.2, 0.25) is 0 Å². The van der Waals surface area contributed by atoms with E-state index >= 15 is 0 Å². The number of carboxylic acid groups (broad SMARTS) is 1. The highest BCUT2D eigenvalue weighted by atomic mass is 79.9. The number of hydrogen-bond donors (Lipinski definition) is 2. The summed E-state index contributed by atoms with van der Waals surface area (Å²) in [6.45, 7) is 3.04. The molecule has 0 spiro atoms. The van der Waals surface area contributed by atoms with E-state index in [0.29, 0.717) is 0 Å². The minimum absolute atomic E-state index is 0.147. The molecule has 1 heterocycles. The van der Waals surface area contributed by atoms with E-state index in [1.54, 1.807) is 11.7 Å². The second kappa shape index (κ2) is 6.98. The fourth-order valence-corrected chi connectivity index (χ4v) is 3.67. The maximum Gasteiger partial charge on any atom is 0.327 e. The predicted octanol–water partition coefficient (Wildman–Crippen LogP) is 0.329. The van der Waals surface area contributed by atoms with Gasteiger partial charge >= 0.3 is 5.97 Å². The number of carboxylic acids is 1. The molecule has 0 aromatic carbocycles. The summed E-state index contributed by atoms with van der Waals surface area (Å²) >= 11 is 3.36.